The number of amides is 1. The van der Waals surface area contributed by atoms with Crippen LogP contribution in [0.4, 0.5) is 5.69 Å². The maximum Gasteiger partial charge on any atom is 0.337 e. The van der Waals surface area contributed by atoms with Crippen LogP contribution >= 0.6 is 0 Å². The van der Waals surface area contributed by atoms with Crippen molar-refractivity contribution in [1.82, 2.24) is 10.2 Å². The fourth-order valence-electron chi connectivity index (χ4n) is 3.53. The van der Waals surface area contributed by atoms with Gasteiger partial charge in [0.05, 0.1) is 23.0 Å². The third-order valence-electron chi connectivity index (χ3n) is 5.40. The van der Waals surface area contributed by atoms with Gasteiger partial charge in [-0.25, -0.2) is 4.79 Å². The minimum Gasteiger partial charge on any atom is -0.461 e. The Bertz CT molecular complexity index is 994. The molecule has 0 saturated heterocycles. The molecule has 10 heteroatoms. The maximum absolute atomic E-state index is 13.4. The summed E-state index contributed by atoms with van der Waals surface area (Å²) in [5.74, 6) is -1.73. The van der Waals surface area contributed by atoms with Gasteiger partial charge < -0.3 is 19.7 Å². The molecule has 1 aliphatic heterocycles. The molecule has 1 aromatic carbocycles. The average Bonchev–Trinajstić information content (AvgIpc) is 2.85. The molecule has 0 aromatic heterocycles. The lowest BCUT2D eigenvalue weighted by Gasteiger charge is -2.29. The van der Waals surface area contributed by atoms with Crippen LogP contribution in [-0.2, 0) is 19.1 Å². The van der Waals surface area contributed by atoms with Gasteiger partial charge in [-0.1, -0.05) is 25.1 Å². The first kappa shape index (κ1) is 26.5. The monoisotopic (exact) mass is 470 g/mol. The highest BCUT2D eigenvalue weighted by molar-refractivity contribution is 6.04. The van der Waals surface area contributed by atoms with E-state index in [2.05, 4.69) is 5.32 Å². The number of nitriles is 1. The molecule has 2 rings (SSSR count). The Hall–Kier alpha value is -3.71. The lowest BCUT2D eigenvalue weighted by molar-refractivity contribution is -0.384. The number of carbonyl (C=O) groups excluding carboxylic acids is 2. The number of nitro benzene ring substituents is 1. The molecule has 0 bridgehead atoms. The SMILES string of the molecule is CCC1=CC(c2ccc([N+](=O)[O-])cc2)C(C(=O)OCCC#N)=C(C(=O)N(C)CCCCOC)N1. The lowest BCUT2D eigenvalue weighted by atomic mass is 9.85. The maximum atomic E-state index is 13.4. The number of non-ortho nitro benzene ring substituents is 1. The summed E-state index contributed by atoms with van der Waals surface area (Å²) in [5.41, 5.74) is 1.50. The second-order valence-electron chi connectivity index (χ2n) is 7.76. The van der Waals surface area contributed by atoms with Crippen molar-refractivity contribution in [2.75, 3.05) is 33.9 Å². The number of likely N-dealkylation sites (N-methyl/N-ethyl adjacent to an activating group) is 1. The van der Waals surface area contributed by atoms with E-state index < -0.39 is 16.8 Å². The number of methoxy groups -OCH3 is 1. The topological polar surface area (TPSA) is 135 Å². The summed E-state index contributed by atoms with van der Waals surface area (Å²) in [5, 5.41) is 22.9. The van der Waals surface area contributed by atoms with E-state index in [1.165, 1.54) is 17.0 Å². The predicted octanol–water partition coefficient (Wildman–Crippen LogP) is 3.17. The van der Waals surface area contributed by atoms with E-state index in [-0.39, 0.29) is 35.9 Å². The predicted molar refractivity (Wildman–Crippen MR) is 124 cm³/mol. The van der Waals surface area contributed by atoms with Gasteiger partial charge in [0.2, 0.25) is 0 Å². The van der Waals surface area contributed by atoms with E-state index in [4.69, 9.17) is 14.7 Å². The molecule has 0 saturated carbocycles. The van der Waals surface area contributed by atoms with Crippen LogP contribution in [0.3, 0.4) is 0 Å². The summed E-state index contributed by atoms with van der Waals surface area (Å²) < 4.78 is 10.3. The first-order valence-electron chi connectivity index (χ1n) is 11.1. The van der Waals surface area contributed by atoms with Gasteiger partial charge in [0.25, 0.3) is 11.6 Å². The van der Waals surface area contributed by atoms with Crippen LogP contribution in [-0.4, -0.2) is 55.6 Å². The average molecular weight is 471 g/mol. The van der Waals surface area contributed by atoms with Crippen molar-refractivity contribution in [3.8, 4) is 6.07 Å². The van der Waals surface area contributed by atoms with E-state index in [0.717, 1.165) is 18.5 Å². The van der Waals surface area contributed by atoms with E-state index in [1.807, 2.05) is 19.1 Å². The van der Waals surface area contributed by atoms with Crippen LogP contribution in [0.2, 0.25) is 0 Å². The summed E-state index contributed by atoms with van der Waals surface area (Å²) >= 11 is 0. The Kier molecular flexibility index (Phi) is 10.2. The normalized spacial score (nSPS) is 15.1. The number of nitrogens with zero attached hydrogens (tertiary/aromatic N) is 3. The van der Waals surface area contributed by atoms with Gasteiger partial charge >= 0.3 is 5.97 Å². The first-order valence-corrected chi connectivity index (χ1v) is 11.1. The van der Waals surface area contributed by atoms with Crippen LogP contribution in [0.25, 0.3) is 0 Å². The third-order valence-corrected chi connectivity index (χ3v) is 5.40. The first-order chi connectivity index (χ1) is 16.3. The molecule has 0 aliphatic carbocycles. The molecule has 1 aliphatic rings. The molecule has 1 amide bonds. The van der Waals surface area contributed by atoms with E-state index in [9.17, 15) is 19.7 Å². The van der Waals surface area contributed by atoms with Crippen molar-refractivity contribution in [3.05, 3.63) is 63.0 Å². The van der Waals surface area contributed by atoms with Crippen LogP contribution in [0.15, 0.2) is 47.3 Å². The van der Waals surface area contributed by atoms with Crippen molar-refractivity contribution >= 4 is 17.6 Å². The molecule has 0 radical (unpaired) electrons. The standard InChI is InChI=1S/C24H30N4O6/c1-4-18-16-20(17-8-10-19(11-9-17)28(31)32)21(24(30)34-15-7-12-25)22(26-18)23(29)27(2)13-5-6-14-33-3/h8-11,16,20,26H,4-7,13-15H2,1-3H3. The molecular formula is C24H30N4O6. The Balaban J connectivity index is 2.47. The number of carbonyl (C=O) groups is 2. The van der Waals surface area contributed by atoms with Crippen molar-refractivity contribution in [1.29, 1.82) is 5.26 Å². The molecule has 1 heterocycles. The summed E-state index contributed by atoms with van der Waals surface area (Å²) in [4.78, 5) is 38.6. The van der Waals surface area contributed by atoms with E-state index in [1.54, 1.807) is 26.3 Å². The number of allylic oxidation sites excluding steroid dienone is 2. The van der Waals surface area contributed by atoms with Crippen LogP contribution in [0.1, 0.15) is 44.1 Å². The molecular weight excluding hydrogens is 440 g/mol. The number of unbranched alkanes of at least 4 members (excludes halogenated alkanes) is 1. The second-order valence-corrected chi connectivity index (χ2v) is 7.76. The molecule has 0 fully saturated rings. The molecule has 34 heavy (non-hydrogen) atoms. The smallest absolute Gasteiger partial charge is 0.337 e. The number of nitro groups is 1. The molecule has 1 aromatic rings. The Morgan fingerprint density at radius 1 is 1.24 bits per heavy atom. The number of rotatable bonds is 12. The number of hydrogen-bond acceptors (Lipinski definition) is 8. The number of esters is 1. The van der Waals surface area contributed by atoms with Crippen molar-refractivity contribution < 1.29 is 24.0 Å². The summed E-state index contributed by atoms with van der Waals surface area (Å²) in [7, 11) is 3.28. The highest BCUT2D eigenvalue weighted by atomic mass is 16.6. The van der Waals surface area contributed by atoms with E-state index >= 15 is 0 Å². The zero-order valence-electron chi connectivity index (χ0n) is 19.7. The Labute approximate surface area is 199 Å². The van der Waals surface area contributed by atoms with Gasteiger partial charge in [-0.2, -0.15) is 5.26 Å². The number of dihydropyridines is 1. The largest absolute Gasteiger partial charge is 0.461 e. The summed E-state index contributed by atoms with van der Waals surface area (Å²) in [6.45, 7) is 2.87. The van der Waals surface area contributed by atoms with Crippen molar-refractivity contribution in [2.24, 2.45) is 0 Å². The quantitative estimate of drug-likeness (QED) is 0.213. The molecule has 182 valence electrons. The molecule has 1 N–H and O–H groups in total. The van der Waals surface area contributed by atoms with Gasteiger partial charge in [-0.15, -0.1) is 0 Å². The van der Waals surface area contributed by atoms with Crippen LogP contribution in [0.5, 0.6) is 0 Å². The fourth-order valence-corrected chi connectivity index (χ4v) is 3.53. The van der Waals surface area contributed by atoms with Gasteiger partial charge in [-0.05, 0) is 24.8 Å². The van der Waals surface area contributed by atoms with Crippen LogP contribution < -0.4 is 5.32 Å². The Morgan fingerprint density at radius 2 is 1.94 bits per heavy atom. The second kappa shape index (κ2) is 13.1. The molecule has 1 atom stereocenters. The highest BCUT2D eigenvalue weighted by Gasteiger charge is 2.34. The van der Waals surface area contributed by atoms with Gasteiger partial charge in [0.1, 0.15) is 12.3 Å². The van der Waals surface area contributed by atoms with Gasteiger partial charge in [-0.3, -0.25) is 14.9 Å². The molecule has 10 nitrogen and oxygen atoms in total. The van der Waals surface area contributed by atoms with E-state index in [0.29, 0.717) is 25.1 Å². The van der Waals surface area contributed by atoms with Crippen molar-refractivity contribution in [2.45, 2.75) is 38.5 Å². The van der Waals surface area contributed by atoms with Crippen LogP contribution in [0, 0.1) is 21.4 Å². The molecule has 0 spiro atoms. The zero-order valence-corrected chi connectivity index (χ0v) is 19.7. The summed E-state index contributed by atoms with van der Waals surface area (Å²) in [6.07, 6.45) is 3.93. The zero-order chi connectivity index (χ0) is 25.1. The number of hydrogen-bond donors (Lipinski definition) is 1. The molecule has 1 unspecified atom stereocenters. The fraction of sp³-hybridized carbons (Fsp3) is 0.458. The van der Waals surface area contributed by atoms with Crippen molar-refractivity contribution in [3.63, 3.8) is 0 Å². The van der Waals surface area contributed by atoms with Gasteiger partial charge in [0, 0.05) is 51.1 Å². The lowest BCUT2D eigenvalue weighted by Crippen LogP contribution is -2.39. The summed E-state index contributed by atoms with van der Waals surface area (Å²) in [6, 6.07) is 7.77. The minimum atomic E-state index is -0.714. The van der Waals surface area contributed by atoms with Gasteiger partial charge in [0.15, 0.2) is 0 Å². The third kappa shape index (κ3) is 6.89. The number of benzene rings is 1. The Morgan fingerprint density at radius 3 is 2.53 bits per heavy atom. The highest BCUT2D eigenvalue weighted by Crippen LogP contribution is 2.35. The number of ether oxygens (including phenoxy) is 2. The minimum absolute atomic E-state index is 0.0212. The number of nitrogens with one attached hydrogen (secondary N) is 1.